The van der Waals surface area contributed by atoms with Crippen molar-refractivity contribution in [3.8, 4) is 0 Å². The summed E-state index contributed by atoms with van der Waals surface area (Å²) in [5.41, 5.74) is 1.19. The van der Waals surface area contributed by atoms with Gasteiger partial charge in [0.2, 0.25) is 0 Å². The lowest BCUT2D eigenvalue weighted by atomic mass is 10.1. The summed E-state index contributed by atoms with van der Waals surface area (Å²) in [5.74, 6) is 0.0338. The summed E-state index contributed by atoms with van der Waals surface area (Å²) >= 11 is 3.08. The smallest absolute Gasteiger partial charge is 0.187 e. The second-order valence-electron chi connectivity index (χ2n) is 2.22. The molecule has 2 nitrogen and oxygen atoms in total. The van der Waals surface area contributed by atoms with Gasteiger partial charge >= 0.3 is 0 Å². The summed E-state index contributed by atoms with van der Waals surface area (Å²) in [6.07, 6.45) is 0. The van der Waals surface area contributed by atoms with E-state index in [1.165, 1.54) is 0 Å². The van der Waals surface area contributed by atoms with Gasteiger partial charge in [-0.3, -0.25) is 4.79 Å². The molecule has 0 saturated carbocycles. The number of carbonyl (C=O) groups excluding carboxylic acids is 1. The van der Waals surface area contributed by atoms with E-state index in [1.807, 2.05) is 0 Å². The van der Waals surface area contributed by atoms with Gasteiger partial charge in [-0.1, -0.05) is 40.2 Å². The molecule has 0 atom stereocenters. The van der Waals surface area contributed by atoms with Gasteiger partial charge in [-0.15, -0.1) is 0 Å². The number of hydrogen-bond donors (Lipinski definition) is 0. The molecule has 0 spiro atoms. The van der Waals surface area contributed by atoms with Crippen molar-refractivity contribution in [2.24, 2.45) is 0 Å². The molecule has 0 aliphatic rings. The van der Waals surface area contributed by atoms with E-state index in [0.29, 0.717) is 16.6 Å². The van der Waals surface area contributed by atoms with Crippen LogP contribution in [0.5, 0.6) is 0 Å². The Morgan fingerprint density at radius 3 is 2.42 bits per heavy atom. The predicted molar refractivity (Wildman–Crippen MR) is 50.8 cm³/mol. The molecule has 1 aromatic carbocycles. The van der Waals surface area contributed by atoms with Crippen LogP contribution in [0, 0.1) is 6.57 Å². The third-order valence-electron chi connectivity index (χ3n) is 1.44. The zero-order chi connectivity index (χ0) is 8.97. The van der Waals surface area contributed by atoms with E-state index in [1.54, 1.807) is 24.3 Å². The lowest BCUT2D eigenvalue weighted by Gasteiger charge is -1.95. The van der Waals surface area contributed by atoms with E-state index in [-0.39, 0.29) is 5.78 Å². The molecule has 0 aliphatic carbocycles. The number of Topliss-reactive ketones (excluding diaryl/α,β-unsaturated/α-hetero) is 1. The monoisotopic (exact) mass is 223 g/mol. The normalized spacial score (nSPS) is 9.00. The van der Waals surface area contributed by atoms with Gasteiger partial charge < -0.3 is 0 Å². The molecular formula is C9H6BrNO. The number of carbonyl (C=O) groups is 1. The van der Waals surface area contributed by atoms with E-state index in [4.69, 9.17) is 6.57 Å². The maximum atomic E-state index is 11.1. The van der Waals surface area contributed by atoms with Crippen LogP contribution in [0.2, 0.25) is 0 Å². The molecule has 0 heterocycles. The molecule has 0 aliphatic heterocycles. The van der Waals surface area contributed by atoms with Gasteiger partial charge in [-0.2, -0.15) is 0 Å². The molecular weight excluding hydrogens is 218 g/mol. The maximum absolute atomic E-state index is 11.1. The SMILES string of the molecule is [C-]#[N+]c1ccc(C(=O)CBr)cc1. The Bertz CT molecular complexity index is 323. The third kappa shape index (κ3) is 1.93. The van der Waals surface area contributed by atoms with E-state index >= 15 is 0 Å². The van der Waals surface area contributed by atoms with E-state index in [0.717, 1.165) is 0 Å². The van der Waals surface area contributed by atoms with Gasteiger partial charge in [-0.25, -0.2) is 4.85 Å². The molecule has 0 amide bonds. The first-order valence-corrected chi connectivity index (χ1v) is 4.46. The van der Waals surface area contributed by atoms with Gasteiger partial charge in [0.05, 0.1) is 11.9 Å². The number of benzene rings is 1. The fraction of sp³-hybridized carbons (Fsp3) is 0.111. The zero-order valence-corrected chi connectivity index (χ0v) is 7.84. The highest BCUT2D eigenvalue weighted by Gasteiger charge is 2.01. The highest BCUT2D eigenvalue weighted by molar-refractivity contribution is 9.09. The van der Waals surface area contributed by atoms with Gasteiger partial charge in [0.25, 0.3) is 0 Å². The van der Waals surface area contributed by atoms with Gasteiger partial charge in [-0.05, 0) is 0 Å². The number of alkyl halides is 1. The zero-order valence-electron chi connectivity index (χ0n) is 6.25. The first kappa shape index (κ1) is 8.95. The molecule has 12 heavy (non-hydrogen) atoms. The largest absolute Gasteiger partial charge is 0.293 e. The first-order valence-electron chi connectivity index (χ1n) is 3.34. The molecule has 1 rings (SSSR count). The lowest BCUT2D eigenvalue weighted by molar-refractivity contribution is 0.102. The molecule has 1 aromatic rings. The molecule has 0 radical (unpaired) electrons. The Morgan fingerprint density at radius 2 is 2.00 bits per heavy atom. The maximum Gasteiger partial charge on any atom is 0.187 e. The summed E-state index contributed by atoms with van der Waals surface area (Å²) in [5, 5.41) is 0.324. The van der Waals surface area contributed by atoms with Crippen molar-refractivity contribution in [3.63, 3.8) is 0 Å². The van der Waals surface area contributed by atoms with E-state index in [2.05, 4.69) is 20.8 Å². The summed E-state index contributed by atoms with van der Waals surface area (Å²) < 4.78 is 0. The fourth-order valence-electron chi connectivity index (χ4n) is 0.799. The van der Waals surface area contributed by atoms with Crippen molar-refractivity contribution in [1.82, 2.24) is 0 Å². The average Bonchev–Trinajstić information content (AvgIpc) is 2.17. The minimum absolute atomic E-state index is 0.0338. The fourth-order valence-corrected chi connectivity index (χ4v) is 1.12. The van der Waals surface area contributed by atoms with Crippen LogP contribution in [0.15, 0.2) is 24.3 Å². The summed E-state index contributed by atoms with van der Waals surface area (Å²) in [4.78, 5) is 14.3. The average molecular weight is 224 g/mol. The number of halogens is 1. The van der Waals surface area contributed by atoms with Crippen molar-refractivity contribution in [3.05, 3.63) is 41.2 Å². The highest BCUT2D eigenvalue weighted by Crippen LogP contribution is 2.13. The molecule has 0 unspecified atom stereocenters. The minimum atomic E-state index is 0.0338. The van der Waals surface area contributed by atoms with Crippen LogP contribution in [-0.2, 0) is 0 Å². The Morgan fingerprint density at radius 1 is 1.42 bits per heavy atom. The molecule has 3 heteroatoms. The molecule has 0 N–H and O–H groups in total. The lowest BCUT2D eigenvalue weighted by Crippen LogP contribution is -1.98. The van der Waals surface area contributed by atoms with Gasteiger partial charge in [0.1, 0.15) is 0 Å². The number of ketones is 1. The quantitative estimate of drug-likeness (QED) is 0.430. The Hall–Kier alpha value is -1.14. The second-order valence-corrected chi connectivity index (χ2v) is 2.78. The van der Waals surface area contributed by atoms with Crippen molar-refractivity contribution in [1.29, 1.82) is 0 Å². The first-order chi connectivity index (χ1) is 5.77. The van der Waals surface area contributed by atoms with Crippen molar-refractivity contribution in [2.45, 2.75) is 0 Å². The summed E-state index contributed by atoms with van der Waals surface area (Å²) in [7, 11) is 0. The van der Waals surface area contributed by atoms with Crippen LogP contribution in [0.25, 0.3) is 4.85 Å². The Labute approximate surface area is 79.2 Å². The Balaban J connectivity index is 2.94. The minimum Gasteiger partial charge on any atom is -0.293 e. The highest BCUT2D eigenvalue weighted by atomic mass is 79.9. The van der Waals surface area contributed by atoms with Crippen molar-refractivity contribution >= 4 is 27.4 Å². The number of rotatable bonds is 2. The number of hydrogen-bond acceptors (Lipinski definition) is 1. The number of nitrogens with zero attached hydrogens (tertiary/aromatic N) is 1. The molecule has 0 saturated heterocycles. The Kier molecular flexibility index (Phi) is 3.01. The van der Waals surface area contributed by atoms with E-state index < -0.39 is 0 Å². The molecule has 60 valence electrons. The third-order valence-corrected chi connectivity index (χ3v) is 1.95. The van der Waals surface area contributed by atoms with Crippen LogP contribution in [0.4, 0.5) is 5.69 Å². The van der Waals surface area contributed by atoms with Crippen LogP contribution in [-0.4, -0.2) is 11.1 Å². The van der Waals surface area contributed by atoms with Gasteiger partial charge in [0.15, 0.2) is 11.5 Å². The van der Waals surface area contributed by atoms with Crippen LogP contribution in [0.3, 0.4) is 0 Å². The van der Waals surface area contributed by atoms with Crippen molar-refractivity contribution in [2.75, 3.05) is 5.33 Å². The van der Waals surface area contributed by atoms with Crippen molar-refractivity contribution < 1.29 is 4.79 Å². The van der Waals surface area contributed by atoms with Crippen LogP contribution >= 0.6 is 15.9 Å². The second kappa shape index (κ2) is 4.03. The summed E-state index contributed by atoms with van der Waals surface area (Å²) in [6, 6.07) is 6.61. The molecule has 0 fully saturated rings. The van der Waals surface area contributed by atoms with Crippen LogP contribution in [0.1, 0.15) is 10.4 Å². The summed E-state index contributed by atoms with van der Waals surface area (Å²) in [6.45, 7) is 6.70. The van der Waals surface area contributed by atoms with Gasteiger partial charge in [0, 0.05) is 5.56 Å². The van der Waals surface area contributed by atoms with E-state index in [9.17, 15) is 4.79 Å². The standard InChI is InChI=1S/C9H6BrNO/c1-11-8-4-2-7(3-5-8)9(12)6-10/h2-5H,6H2. The molecule has 0 bridgehead atoms. The topological polar surface area (TPSA) is 21.4 Å². The predicted octanol–water partition coefficient (Wildman–Crippen LogP) is 2.81. The molecule has 0 aromatic heterocycles. The van der Waals surface area contributed by atoms with Crippen LogP contribution < -0.4 is 0 Å².